The van der Waals surface area contributed by atoms with Crippen LogP contribution in [0.3, 0.4) is 0 Å². The van der Waals surface area contributed by atoms with Crippen LogP contribution in [0.5, 0.6) is 0 Å². The number of aromatic nitrogens is 2. The molecule has 0 spiro atoms. The van der Waals surface area contributed by atoms with Gasteiger partial charge in [-0.1, -0.05) is 19.1 Å². The van der Waals surface area contributed by atoms with E-state index in [2.05, 4.69) is 20.6 Å². The van der Waals surface area contributed by atoms with Crippen LogP contribution in [0.4, 0.5) is 16.3 Å². The van der Waals surface area contributed by atoms with E-state index in [-0.39, 0.29) is 5.69 Å². The number of carbonyl (C=O) groups is 2. The minimum absolute atomic E-state index is 0.115. The predicted octanol–water partition coefficient (Wildman–Crippen LogP) is 3.26. The Morgan fingerprint density at radius 3 is 2.55 bits per heavy atom. The Morgan fingerprint density at radius 2 is 1.93 bits per heavy atom. The quantitative estimate of drug-likeness (QED) is 0.657. The number of hydrogen-bond donors (Lipinski definition) is 3. The van der Waals surface area contributed by atoms with Crippen molar-refractivity contribution in [3.63, 3.8) is 0 Å². The number of ether oxygens (including phenoxy) is 1. The van der Waals surface area contributed by atoms with Gasteiger partial charge in [-0.15, -0.1) is 0 Å². The lowest BCUT2D eigenvalue weighted by Gasteiger charge is -2.19. The van der Waals surface area contributed by atoms with Crippen LogP contribution in [-0.4, -0.2) is 34.1 Å². The van der Waals surface area contributed by atoms with Gasteiger partial charge in [-0.2, -0.15) is 0 Å². The molecule has 4 N–H and O–H groups in total. The molecule has 0 saturated carbocycles. The van der Waals surface area contributed by atoms with Crippen molar-refractivity contribution < 1.29 is 14.3 Å². The maximum Gasteiger partial charge on any atom is 0.407 e. The molecule has 1 aromatic carbocycles. The normalized spacial score (nSPS) is 11.1. The van der Waals surface area contributed by atoms with Crippen LogP contribution in [0, 0.1) is 6.92 Å². The molecule has 1 aromatic heterocycles. The summed E-state index contributed by atoms with van der Waals surface area (Å²) in [5, 5.41) is 5.87. The summed E-state index contributed by atoms with van der Waals surface area (Å²) in [7, 11) is 0. The summed E-state index contributed by atoms with van der Waals surface area (Å²) in [5.41, 5.74) is 8.30. The molecular weight excluding hydrogens is 370 g/mol. The Balaban J connectivity index is 2.08. The van der Waals surface area contributed by atoms with E-state index in [1.807, 2.05) is 58.9 Å². The van der Waals surface area contributed by atoms with Crippen molar-refractivity contribution in [1.29, 1.82) is 0 Å². The second-order valence-electron chi connectivity index (χ2n) is 7.67. The molecule has 2 rings (SSSR count). The van der Waals surface area contributed by atoms with Gasteiger partial charge in [-0.25, -0.2) is 14.8 Å². The van der Waals surface area contributed by atoms with Crippen molar-refractivity contribution in [2.75, 3.05) is 11.9 Å². The molecule has 0 atom stereocenters. The number of benzene rings is 1. The molecule has 2 amide bonds. The second-order valence-corrected chi connectivity index (χ2v) is 7.67. The van der Waals surface area contributed by atoms with Crippen LogP contribution in [0.15, 0.2) is 24.3 Å². The van der Waals surface area contributed by atoms with Crippen molar-refractivity contribution in [2.45, 2.75) is 53.1 Å². The van der Waals surface area contributed by atoms with E-state index in [1.165, 1.54) is 0 Å². The maximum atomic E-state index is 11.8. The highest BCUT2D eigenvalue weighted by atomic mass is 16.6. The average molecular weight is 399 g/mol. The molecule has 0 aliphatic carbocycles. The third-order valence-electron chi connectivity index (χ3n) is 4.01. The summed E-state index contributed by atoms with van der Waals surface area (Å²) in [5.74, 6) is -0.302. The van der Waals surface area contributed by atoms with E-state index in [4.69, 9.17) is 10.5 Å². The average Bonchev–Trinajstić information content (AvgIpc) is 2.60. The Labute approximate surface area is 171 Å². The van der Waals surface area contributed by atoms with Crippen LogP contribution in [0.1, 0.15) is 55.1 Å². The number of nitrogens with two attached hydrogens (primary N) is 1. The number of rotatable bonds is 7. The third kappa shape index (κ3) is 6.74. The summed E-state index contributed by atoms with van der Waals surface area (Å²) in [6, 6.07) is 7.62. The van der Waals surface area contributed by atoms with E-state index in [0.717, 1.165) is 22.6 Å². The lowest BCUT2D eigenvalue weighted by molar-refractivity contribution is 0.0528. The zero-order valence-electron chi connectivity index (χ0n) is 17.6. The Bertz CT molecular complexity index is 890. The Morgan fingerprint density at radius 1 is 1.21 bits per heavy atom. The maximum absolute atomic E-state index is 11.8. The van der Waals surface area contributed by atoms with E-state index < -0.39 is 17.6 Å². The molecule has 156 valence electrons. The smallest absolute Gasteiger partial charge is 0.407 e. The number of nitrogens with one attached hydrogen (secondary N) is 2. The molecule has 0 bridgehead atoms. The zero-order valence-corrected chi connectivity index (χ0v) is 17.6. The lowest BCUT2D eigenvalue weighted by atomic mass is 10.1. The molecule has 2 aromatic rings. The molecule has 0 unspecified atom stereocenters. The lowest BCUT2D eigenvalue weighted by Crippen LogP contribution is -2.33. The minimum Gasteiger partial charge on any atom is -0.444 e. The first kappa shape index (κ1) is 22.1. The van der Waals surface area contributed by atoms with Gasteiger partial charge in [0.2, 0.25) is 0 Å². The van der Waals surface area contributed by atoms with Crippen LogP contribution in [0.25, 0.3) is 0 Å². The number of primary amides is 1. The van der Waals surface area contributed by atoms with Gasteiger partial charge in [-0.05, 0) is 58.2 Å². The van der Waals surface area contributed by atoms with Crippen LogP contribution in [-0.2, 0) is 17.6 Å². The Kier molecular flexibility index (Phi) is 7.14. The molecule has 0 aliphatic rings. The first-order chi connectivity index (χ1) is 13.6. The summed E-state index contributed by atoms with van der Waals surface area (Å²) in [4.78, 5) is 32.3. The minimum atomic E-state index is -0.632. The number of carbonyl (C=O) groups excluding carboxylic acids is 2. The number of anilines is 2. The molecule has 0 saturated heterocycles. The highest BCUT2D eigenvalue weighted by Crippen LogP contribution is 2.20. The number of hydrogen-bond acceptors (Lipinski definition) is 6. The molecule has 8 nitrogen and oxygen atoms in total. The van der Waals surface area contributed by atoms with Crippen molar-refractivity contribution >= 4 is 23.5 Å². The van der Waals surface area contributed by atoms with Gasteiger partial charge in [-0.3, -0.25) is 4.79 Å². The monoisotopic (exact) mass is 399 g/mol. The van der Waals surface area contributed by atoms with Crippen LogP contribution < -0.4 is 16.4 Å². The molecule has 0 aliphatic heterocycles. The number of amides is 2. The highest BCUT2D eigenvalue weighted by Gasteiger charge is 2.16. The van der Waals surface area contributed by atoms with Gasteiger partial charge < -0.3 is 21.1 Å². The van der Waals surface area contributed by atoms with E-state index in [0.29, 0.717) is 25.2 Å². The van der Waals surface area contributed by atoms with Crippen molar-refractivity contribution in [1.82, 2.24) is 15.3 Å². The molecule has 1 heterocycles. The van der Waals surface area contributed by atoms with E-state index in [9.17, 15) is 9.59 Å². The van der Waals surface area contributed by atoms with Gasteiger partial charge in [0.05, 0.1) is 11.4 Å². The third-order valence-corrected chi connectivity index (χ3v) is 4.01. The fourth-order valence-electron chi connectivity index (χ4n) is 2.71. The fraction of sp³-hybridized carbons (Fsp3) is 0.429. The first-order valence-corrected chi connectivity index (χ1v) is 9.59. The second kappa shape index (κ2) is 9.36. The summed E-state index contributed by atoms with van der Waals surface area (Å²) in [6.45, 7) is 9.69. The summed E-state index contributed by atoms with van der Waals surface area (Å²) in [6.07, 6.45) is 0.843. The first-order valence-electron chi connectivity index (χ1n) is 9.59. The summed E-state index contributed by atoms with van der Waals surface area (Å²) >= 11 is 0. The topological polar surface area (TPSA) is 119 Å². The standard InChI is InChI=1S/C21H29N5O3/c1-6-16-13(2)24-19(17(26-16)18(22)27)25-15-9-7-8-14(12-15)10-11-23-20(28)29-21(3,4)5/h7-9,12H,6,10-11H2,1-5H3,(H2,22,27)(H,23,28)(H,24,25). The predicted molar refractivity (Wildman–Crippen MR) is 112 cm³/mol. The molecule has 29 heavy (non-hydrogen) atoms. The molecule has 0 fully saturated rings. The SMILES string of the molecule is CCc1nc(C(N)=O)c(Nc2cccc(CCNC(=O)OC(C)(C)C)c2)nc1C. The van der Waals surface area contributed by atoms with Gasteiger partial charge in [0.25, 0.3) is 5.91 Å². The van der Waals surface area contributed by atoms with Gasteiger partial charge in [0.1, 0.15) is 5.60 Å². The van der Waals surface area contributed by atoms with E-state index in [1.54, 1.807) is 0 Å². The van der Waals surface area contributed by atoms with Gasteiger partial charge >= 0.3 is 6.09 Å². The van der Waals surface area contributed by atoms with Crippen LogP contribution >= 0.6 is 0 Å². The summed E-state index contributed by atoms with van der Waals surface area (Å²) < 4.78 is 5.22. The Hall–Kier alpha value is -3.16. The number of aryl methyl sites for hydroxylation is 2. The molecular formula is C21H29N5O3. The molecule has 8 heteroatoms. The van der Waals surface area contributed by atoms with Gasteiger partial charge in [0, 0.05) is 12.2 Å². The molecule has 0 radical (unpaired) electrons. The highest BCUT2D eigenvalue weighted by molar-refractivity contribution is 5.96. The fourth-order valence-corrected chi connectivity index (χ4v) is 2.71. The number of nitrogens with zero attached hydrogens (tertiary/aromatic N) is 2. The zero-order chi connectivity index (χ0) is 21.6. The largest absolute Gasteiger partial charge is 0.444 e. The van der Waals surface area contributed by atoms with Crippen molar-refractivity contribution in [2.24, 2.45) is 5.73 Å². The van der Waals surface area contributed by atoms with Crippen molar-refractivity contribution in [3.05, 3.63) is 46.9 Å². The number of alkyl carbamates (subject to hydrolysis) is 1. The van der Waals surface area contributed by atoms with Gasteiger partial charge in [0.15, 0.2) is 11.5 Å². The van der Waals surface area contributed by atoms with Crippen LogP contribution in [0.2, 0.25) is 0 Å². The van der Waals surface area contributed by atoms with Crippen molar-refractivity contribution in [3.8, 4) is 0 Å². The van der Waals surface area contributed by atoms with E-state index >= 15 is 0 Å².